The van der Waals surface area contributed by atoms with Crippen molar-refractivity contribution in [3.63, 3.8) is 0 Å². The van der Waals surface area contributed by atoms with E-state index in [0.29, 0.717) is 17.0 Å². The molecule has 4 aromatic rings. The van der Waals surface area contributed by atoms with E-state index in [0.717, 1.165) is 16.7 Å². The summed E-state index contributed by atoms with van der Waals surface area (Å²) >= 11 is 0. The third-order valence-electron chi connectivity index (χ3n) is 4.53. The van der Waals surface area contributed by atoms with E-state index in [9.17, 15) is 4.79 Å². The van der Waals surface area contributed by atoms with Crippen molar-refractivity contribution in [3.05, 3.63) is 78.0 Å². The van der Waals surface area contributed by atoms with Crippen LogP contribution in [0, 0.1) is 6.92 Å². The zero-order valence-corrected chi connectivity index (χ0v) is 17.0. The highest BCUT2D eigenvalue weighted by Crippen LogP contribution is 2.29. The summed E-state index contributed by atoms with van der Waals surface area (Å²) in [7, 11) is 0. The maximum atomic E-state index is 12.8. The van der Waals surface area contributed by atoms with E-state index in [-0.39, 0.29) is 5.97 Å². The number of aromatic nitrogens is 3. The first-order chi connectivity index (χ1) is 13.8. The summed E-state index contributed by atoms with van der Waals surface area (Å²) in [4.78, 5) is 12.8. The Morgan fingerprint density at radius 1 is 0.931 bits per heavy atom. The van der Waals surface area contributed by atoms with Crippen molar-refractivity contribution in [2.24, 2.45) is 0 Å². The maximum Gasteiger partial charge on any atom is 0.340 e. The molecule has 146 valence electrons. The van der Waals surface area contributed by atoms with E-state index >= 15 is 0 Å². The highest BCUT2D eigenvalue weighted by molar-refractivity contribution is 5.93. The molecule has 2 aromatic heterocycles. The first kappa shape index (κ1) is 18.9. The number of fused-ring (bicyclic) bond motifs is 1. The van der Waals surface area contributed by atoms with Gasteiger partial charge in [0.15, 0.2) is 11.5 Å². The average molecular weight is 385 g/mol. The van der Waals surface area contributed by atoms with Crippen LogP contribution in [0.1, 0.15) is 36.7 Å². The minimum Gasteiger partial charge on any atom is -0.456 e. The fourth-order valence-corrected chi connectivity index (χ4v) is 3.17. The molecule has 0 N–H and O–H groups in total. The highest BCUT2D eigenvalue weighted by atomic mass is 16.6. The van der Waals surface area contributed by atoms with Gasteiger partial charge in [0.25, 0.3) is 0 Å². The molecule has 2 aromatic carbocycles. The van der Waals surface area contributed by atoms with Crippen molar-refractivity contribution < 1.29 is 9.53 Å². The molecule has 0 unspecified atom stereocenters. The molecule has 29 heavy (non-hydrogen) atoms. The molecule has 0 fully saturated rings. The molecule has 0 aliphatic carbocycles. The van der Waals surface area contributed by atoms with Gasteiger partial charge in [-0.25, -0.2) is 4.79 Å². The Balaban J connectivity index is 1.94. The van der Waals surface area contributed by atoms with Crippen molar-refractivity contribution in [2.75, 3.05) is 0 Å². The van der Waals surface area contributed by atoms with Crippen molar-refractivity contribution >= 4 is 11.6 Å². The lowest BCUT2D eigenvalue weighted by Gasteiger charge is -2.20. The van der Waals surface area contributed by atoms with Gasteiger partial charge in [0.2, 0.25) is 0 Å². The molecule has 0 radical (unpaired) electrons. The monoisotopic (exact) mass is 385 g/mol. The van der Waals surface area contributed by atoms with Crippen LogP contribution >= 0.6 is 0 Å². The van der Waals surface area contributed by atoms with Crippen molar-refractivity contribution in [1.82, 2.24) is 14.6 Å². The van der Waals surface area contributed by atoms with Crippen LogP contribution in [-0.2, 0) is 4.74 Å². The summed E-state index contributed by atoms with van der Waals surface area (Å²) in [5, 5.41) is 8.83. The Morgan fingerprint density at radius 2 is 1.62 bits per heavy atom. The summed E-state index contributed by atoms with van der Waals surface area (Å²) < 4.78 is 7.48. The lowest BCUT2D eigenvalue weighted by molar-refractivity contribution is 0.00690. The van der Waals surface area contributed by atoms with Crippen LogP contribution in [-0.4, -0.2) is 26.2 Å². The third kappa shape index (κ3) is 3.90. The predicted molar refractivity (Wildman–Crippen MR) is 114 cm³/mol. The van der Waals surface area contributed by atoms with Gasteiger partial charge in [-0.1, -0.05) is 60.2 Å². The largest absolute Gasteiger partial charge is 0.456 e. The van der Waals surface area contributed by atoms with Gasteiger partial charge < -0.3 is 4.74 Å². The van der Waals surface area contributed by atoms with Crippen molar-refractivity contribution in [2.45, 2.75) is 33.3 Å². The van der Waals surface area contributed by atoms with Crippen LogP contribution < -0.4 is 0 Å². The average Bonchev–Trinajstić information content (AvgIpc) is 3.11. The number of pyridine rings is 1. The number of hydrogen-bond acceptors (Lipinski definition) is 4. The number of rotatable bonds is 3. The number of carbonyl (C=O) groups excluding carboxylic acids is 1. The Bertz CT molecular complexity index is 1170. The molecule has 0 aliphatic rings. The third-order valence-corrected chi connectivity index (χ3v) is 4.53. The highest BCUT2D eigenvalue weighted by Gasteiger charge is 2.21. The minimum absolute atomic E-state index is 0.375. The Kier molecular flexibility index (Phi) is 4.66. The topological polar surface area (TPSA) is 56.5 Å². The Labute approximate surface area is 170 Å². The van der Waals surface area contributed by atoms with Gasteiger partial charge in [0.05, 0.1) is 5.56 Å². The van der Waals surface area contributed by atoms with E-state index in [1.54, 1.807) is 6.20 Å². The summed E-state index contributed by atoms with van der Waals surface area (Å²) in [6.45, 7) is 7.62. The molecule has 5 nitrogen and oxygen atoms in total. The molecule has 0 bridgehead atoms. The van der Waals surface area contributed by atoms with Gasteiger partial charge in [-0.05, 0) is 39.3 Å². The second-order valence-corrected chi connectivity index (χ2v) is 8.09. The predicted octanol–water partition coefficient (Wildman–Crippen LogP) is 5.33. The number of nitrogens with zero attached hydrogens (tertiary/aromatic N) is 3. The van der Waals surface area contributed by atoms with E-state index in [1.807, 2.05) is 92.8 Å². The normalized spacial score (nSPS) is 11.6. The van der Waals surface area contributed by atoms with Crippen molar-refractivity contribution in [3.8, 4) is 22.5 Å². The molecule has 0 saturated carbocycles. The molecule has 0 saturated heterocycles. The number of carbonyl (C=O) groups is 1. The molecule has 0 atom stereocenters. The first-order valence-corrected chi connectivity index (χ1v) is 9.56. The Morgan fingerprint density at radius 3 is 2.28 bits per heavy atom. The van der Waals surface area contributed by atoms with Gasteiger partial charge in [-0.2, -0.15) is 0 Å². The van der Waals surface area contributed by atoms with Gasteiger partial charge in [0, 0.05) is 17.3 Å². The summed E-state index contributed by atoms with van der Waals surface area (Å²) in [5.41, 5.74) is 4.47. The molecule has 2 heterocycles. The molecule has 0 spiro atoms. The first-order valence-electron chi connectivity index (χ1n) is 9.56. The van der Waals surface area contributed by atoms with Crippen LogP contribution in [0.2, 0.25) is 0 Å². The van der Waals surface area contributed by atoms with Gasteiger partial charge in [0.1, 0.15) is 5.60 Å². The van der Waals surface area contributed by atoms with E-state index < -0.39 is 5.60 Å². The van der Waals surface area contributed by atoms with Gasteiger partial charge >= 0.3 is 5.97 Å². The Hall–Kier alpha value is -3.47. The number of hydrogen-bond donors (Lipinski definition) is 0. The zero-order chi connectivity index (χ0) is 20.6. The second kappa shape index (κ2) is 7.17. The quantitative estimate of drug-likeness (QED) is 0.448. The standard InChI is InChI=1S/C24H23N3O2/c1-16-10-12-17(13-11-16)20-14-19(23(28)29-24(2,3)4)15-27-21(25-26-22(20)27)18-8-6-5-7-9-18/h5-15H,1-4H3. The van der Waals surface area contributed by atoms with Crippen molar-refractivity contribution in [1.29, 1.82) is 0 Å². The maximum absolute atomic E-state index is 12.8. The molecule has 0 aliphatic heterocycles. The molecule has 5 heteroatoms. The lowest BCUT2D eigenvalue weighted by atomic mass is 10.0. The van der Waals surface area contributed by atoms with E-state index in [4.69, 9.17) is 4.74 Å². The zero-order valence-electron chi connectivity index (χ0n) is 17.0. The SMILES string of the molecule is Cc1ccc(-c2cc(C(=O)OC(C)(C)C)cn3c(-c4ccccc4)nnc23)cc1. The van der Waals surface area contributed by atoms with Gasteiger partial charge in [-0.3, -0.25) is 4.40 Å². The minimum atomic E-state index is -0.578. The molecular weight excluding hydrogens is 362 g/mol. The smallest absolute Gasteiger partial charge is 0.340 e. The second-order valence-electron chi connectivity index (χ2n) is 8.09. The number of aryl methyl sites for hydroxylation is 1. The summed E-state index contributed by atoms with van der Waals surface area (Å²) in [5.74, 6) is 0.305. The summed E-state index contributed by atoms with van der Waals surface area (Å²) in [6, 6.07) is 19.8. The van der Waals surface area contributed by atoms with Crippen LogP contribution in [0.5, 0.6) is 0 Å². The fraction of sp³-hybridized carbons (Fsp3) is 0.208. The lowest BCUT2D eigenvalue weighted by Crippen LogP contribution is -2.24. The van der Waals surface area contributed by atoms with Gasteiger partial charge in [-0.15, -0.1) is 10.2 Å². The summed E-state index contributed by atoms with van der Waals surface area (Å²) in [6.07, 6.45) is 1.75. The van der Waals surface area contributed by atoms with Crippen LogP contribution in [0.25, 0.3) is 28.2 Å². The molecule has 0 amide bonds. The van der Waals surface area contributed by atoms with Crippen LogP contribution in [0.4, 0.5) is 0 Å². The van der Waals surface area contributed by atoms with Crippen LogP contribution in [0.15, 0.2) is 66.9 Å². The van der Waals surface area contributed by atoms with Crippen LogP contribution in [0.3, 0.4) is 0 Å². The number of ether oxygens (including phenoxy) is 1. The van der Waals surface area contributed by atoms with E-state index in [2.05, 4.69) is 10.2 Å². The molecular formula is C24H23N3O2. The molecule has 4 rings (SSSR count). The van der Waals surface area contributed by atoms with E-state index in [1.165, 1.54) is 5.56 Å². The number of esters is 1. The fourth-order valence-electron chi connectivity index (χ4n) is 3.17. The number of benzene rings is 2.